The Kier molecular flexibility index (Phi) is 5.61. The summed E-state index contributed by atoms with van der Waals surface area (Å²) < 4.78 is 18.9. The molecular formula is C15H21ClFNO. The number of nitrogens with one attached hydrogen (secondary N) is 1. The Hall–Kier alpha value is -0.640. The summed E-state index contributed by atoms with van der Waals surface area (Å²) in [4.78, 5) is 0. The summed E-state index contributed by atoms with van der Waals surface area (Å²) in [6, 6.07) is 5.28. The van der Waals surface area contributed by atoms with E-state index in [9.17, 15) is 4.39 Å². The molecule has 1 aliphatic rings. The molecule has 1 aromatic carbocycles. The van der Waals surface area contributed by atoms with Gasteiger partial charge in [-0.05, 0) is 56.8 Å². The summed E-state index contributed by atoms with van der Waals surface area (Å²) in [5.41, 5.74) is 1.06. The first-order valence-corrected chi connectivity index (χ1v) is 7.29. The van der Waals surface area contributed by atoms with Crippen molar-refractivity contribution in [3.8, 4) is 0 Å². The quantitative estimate of drug-likeness (QED) is 0.893. The lowest BCUT2D eigenvalue weighted by molar-refractivity contribution is 0.00569. The van der Waals surface area contributed by atoms with Crippen LogP contribution in [0.2, 0.25) is 5.02 Å². The number of benzene rings is 1. The molecule has 1 fully saturated rings. The number of rotatable bonds is 5. The molecule has 4 heteroatoms. The summed E-state index contributed by atoms with van der Waals surface area (Å²) in [5.74, 6) is -0.359. The van der Waals surface area contributed by atoms with Crippen molar-refractivity contribution >= 4 is 11.6 Å². The number of halogens is 2. The predicted molar refractivity (Wildman–Crippen MR) is 76.2 cm³/mol. The summed E-state index contributed by atoms with van der Waals surface area (Å²) in [5, 5.41) is 3.51. The lowest BCUT2D eigenvalue weighted by Crippen LogP contribution is -2.34. The minimum atomic E-state index is -0.359. The van der Waals surface area contributed by atoms with Gasteiger partial charge < -0.3 is 10.1 Å². The molecule has 0 aromatic heterocycles. The minimum Gasteiger partial charge on any atom is -0.378 e. The summed E-state index contributed by atoms with van der Waals surface area (Å²) >= 11 is 5.81. The summed E-state index contributed by atoms with van der Waals surface area (Å²) in [6.07, 6.45) is 5.75. The van der Waals surface area contributed by atoms with Gasteiger partial charge in [-0.15, -0.1) is 0 Å². The molecule has 1 heterocycles. The van der Waals surface area contributed by atoms with Crippen molar-refractivity contribution in [2.24, 2.45) is 0 Å². The first-order chi connectivity index (χ1) is 9.19. The highest BCUT2D eigenvalue weighted by atomic mass is 35.5. The van der Waals surface area contributed by atoms with Gasteiger partial charge in [-0.25, -0.2) is 4.39 Å². The standard InChI is InChI=1S/C15H21ClFNO/c1-18-12(10-13-4-2-3-7-19-13)8-11-5-6-15(17)14(16)9-11/h5-6,9,12-13,18H,2-4,7-8,10H2,1H3. The zero-order valence-corrected chi connectivity index (χ0v) is 12.0. The number of hydrogen-bond acceptors (Lipinski definition) is 2. The lowest BCUT2D eigenvalue weighted by atomic mass is 9.97. The fourth-order valence-corrected chi connectivity index (χ4v) is 2.77. The monoisotopic (exact) mass is 285 g/mol. The van der Waals surface area contributed by atoms with E-state index < -0.39 is 0 Å². The molecule has 0 amide bonds. The van der Waals surface area contributed by atoms with Gasteiger partial charge in [0.15, 0.2) is 0 Å². The van der Waals surface area contributed by atoms with Crippen molar-refractivity contribution in [3.63, 3.8) is 0 Å². The van der Waals surface area contributed by atoms with Crippen LogP contribution >= 0.6 is 11.6 Å². The van der Waals surface area contributed by atoms with Crippen LogP contribution in [0.5, 0.6) is 0 Å². The molecule has 19 heavy (non-hydrogen) atoms. The first-order valence-electron chi connectivity index (χ1n) is 6.92. The Morgan fingerprint density at radius 1 is 1.47 bits per heavy atom. The molecule has 2 rings (SSSR count). The Balaban J connectivity index is 1.92. The van der Waals surface area contributed by atoms with Crippen LogP contribution in [0.3, 0.4) is 0 Å². The van der Waals surface area contributed by atoms with E-state index in [1.54, 1.807) is 12.1 Å². The summed E-state index contributed by atoms with van der Waals surface area (Å²) in [7, 11) is 1.96. The zero-order chi connectivity index (χ0) is 13.7. The van der Waals surface area contributed by atoms with Crippen LogP contribution in [0, 0.1) is 5.82 Å². The second-order valence-electron chi connectivity index (χ2n) is 5.16. The molecule has 0 spiro atoms. The molecule has 1 aliphatic heterocycles. The molecule has 2 nitrogen and oxygen atoms in total. The third kappa shape index (κ3) is 4.44. The van der Waals surface area contributed by atoms with Gasteiger partial charge in [0.25, 0.3) is 0 Å². The van der Waals surface area contributed by atoms with Gasteiger partial charge in [-0.2, -0.15) is 0 Å². The minimum absolute atomic E-state index is 0.196. The number of likely N-dealkylation sites (N-methyl/N-ethyl adjacent to an activating group) is 1. The van der Waals surface area contributed by atoms with Crippen molar-refractivity contribution in [2.45, 2.75) is 44.2 Å². The highest BCUT2D eigenvalue weighted by molar-refractivity contribution is 6.30. The maximum absolute atomic E-state index is 13.1. The lowest BCUT2D eigenvalue weighted by Gasteiger charge is -2.27. The van der Waals surface area contributed by atoms with Gasteiger partial charge in [0.05, 0.1) is 11.1 Å². The maximum atomic E-state index is 13.1. The van der Waals surface area contributed by atoms with E-state index in [1.807, 2.05) is 7.05 Å². The zero-order valence-electron chi connectivity index (χ0n) is 11.3. The molecule has 0 radical (unpaired) electrons. The smallest absolute Gasteiger partial charge is 0.141 e. The van der Waals surface area contributed by atoms with Crippen molar-refractivity contribution in [1.29, 1.82) is 0 Å². The summed E-state index contributed by atoms with van der Waals surface area (Å²) in [6.45, 7) is 0.878. The highest BCUT2D eigenvalue weighted by Crippen LogP contribution is 2.21. The molecule has 0 bridgehead atoms. The third-order valence-electron chi connectivity index (χ3n) is 3.70. The van der Waals surface area contributed by atoms with Gasteiger partial charge in [-0.1, -0.05) is 17.7 Å². The molecule has 1 saturated heterocycles. The van der Waals surface area contributed by atoms with Crippen LogP contribution in [-0.4, -0.2) is 25.8 Å². The van der Waals surface area contributed by atoms with Crippen molar-refractivity contribution in [3.05, 3.63) is 34.6 Å². The fraction of sp³-hybridized carbons (Fsp3) is 0.600. The number of hydrogen-bond donors (Lipinski definition) is 1. The van der Waals surface area contributed by atoms with E-state index in [1.165, 1.54) is 18.9 Å². The second-order valence-corrected chi connectivity index (χ2v) is 5.57. The van der Waals surface area contributed by atoms with Crippen LogP contribution in [0.25, 0.3) is 0 Å². The van der Waals surface area contributed by atoms with Crippen LogP contribution in [-0.2, 0) is 11.2 Å². The predicted octanol–water partition coefficient (Wildman–Crippen LogP) is 3.57. The van der Waals surface area contributed by atoms with Crippen LogP contribution in [0.15, 0.2) is 18.2 Å². The maximum Gasteiger partial charge on any atom is 0.141 e. The van der Waals surface area contributed by atoms with Crippen molar-refractivity contribution < 1.29 is 9.13 Å². The molecule has 1 aromatic rings. The molecular weight excluding hydrogens is 265 g/mol. The Labute approximate surface area is 119 Å². The van der Waals surface area contributed by atoms with E-state index in [0.717, 1.165) is 31.4 Å². The SMILES string of the molecule is CNC(Cc1ccc(F)c(Cl)c1)CC1CCCCO1. The topological polar surface area (TPSA) is 21.3 Å². The van der Waals surface area contributed by atoms with Crippen molar-refractivity contribution in [1.82, 2.24) is 5.32 Å². The van der Waals surface area contributed by atoms with Crippen LogP contribution in [0.1, 0.15) is 31.2 Å². The van der Waals surface area contributed by atoms with Crippen molar-refractivity contribution in [2.75, 3.05) is 13.7 Å². The molecule has 106 valence electrons. The number of ether oxygens (including phenoxy) is 1. The van der Waals surface area contributed by atoms with Crippen LogP contribution < -0.4 is 5.32 Å². The fourth-order valence-electron chi connectivity index (χ4n) is 2.57. The van der Waals surface area contributed by atoms with Gasteiger partial charge in [-0.3, -0.25) is 0 Å². The second kappa shape index (κ2) is 7.22. The average molecular weight is 286 g/mol. The Morgan fingerprint density at radius 2 is 2.32 bits per heavy atom. The molecule has 1 N–H and O–H groups in total. The molecule has 0 saturated carbocycles. The van der Waals surface area contributed by atoms with Gasteiger partial charge in [0, 0.05) is 12.6 Å². The van der Waals surface area contributed by atoms with E-state index >= 15 is 0 Å². The first kappa shape index (κ1) is 14.8. The largest absolute Gasteiger partial charge is 0.378 e. The molecule has 0 aliphatic carbocycles. The van der Waals surface area contributed by atoms with E-state index in [2.05, 4.69) is 5.32 Å². The van der Waals surface area contributed by atoms with Gasteiger partial charge in [0.2, 0.25) is 0 Å². The average Bonchev–Trinajstić information content (AvgIpc) is 2.43. The molecule has 2 atom stereocenters. The van der Waals surface area contributed by atoms with E-state index in [4.69, 9.17) is 16.3 Å². The van der Waals surface area contributed by atoms with E-state index in [0.29, 0.717) is 12.1 Å². The molecule has 2 unspecified atom stereocenters. The Morgan fingerprint density at radius 3 is 2.95 bits per heavy atom. The van der Waals surface area contributed by atoms with Crippen LogP contribution in [0.4, 0.5) is 4.39 Å². The normalized spacial score (nSPS) is 21.3. The highest BCUT2D eigenvalue weighted by Gasteiger charge is 2.19. The Bertz CT molecular complexity index is 407. The van der Waals surface area contributed by atoms with Gasteiger partial charge >= 0.3 is 0 Å². The van der Waals surface area contributed by atoms with E-state index in [-0.39, 0.29) is 10.8 Å². The van der Waals surface area contributed by atoms with Gasteiger partial charge in [0.1, 0.15) is 5.82 Å². The third-order valence-corrected chi connectivity index (χ3v) is 3.99.